The van der Waals surface area contributed by atoms with Crippen molar-refractivity contribution in [1.82, 2.24) is 4.98 Å². The minimum absolute atomic E-state index is 0.0608. The third kappa shape index (κ3) is 2.97. The molecule has 1 N–H and O–H groups in total. The number of nitrogens with zero attached hydrogens (tertiary/aromatic N) is 2. The van der Waals surface area contributed by atoms with Gasteiger partial charge in [0.2, 0.25) is 0 Å². The Bertz CT molecular complexity index is 1060. The van der Waals surface area contributed by atoms with E-state index in [1.807, 2.05) is 37.3 Å². The first-order valence-corrected chi connectivity index (χ1v) is 8.92. The molecule has 0 radical (unpaired) electrons. The number of aliphatic hydroxyl groups is 1. The van der Waals surface area contributed by atoms with Gasteiger partial charge in [-0.1, -0.05) is 66.2 Å². The van der Waals surface area contributed by atoms with Crippen molar-refractivity contribution in [2.24, 2.45) is 0 Å². The number of ketones is 1. The molecule has 0 saturated carbocycles. The van der Waals surface area contributed by atoms with Crippen LogP contribution in [-0.4, -0.2) is 21.8 Å². The Morgan fingerprint density at radius 3 is 2.25 bits per heavy atom. The summed E-state index contributed by atoms with van der Waals surface area (Å²) in [5.74, 6) is -1.26. The van der Waals surface area contributed by atoms with E-state index in [4.69, 9.17) is 0 Å². The molecule has 0 unspecified atom stereocenters. The number of benzene rings is 2. The third-order valence-corrected chi connectivity index (χ3v) is 4.78. The molecule has 138 valence electrons. The van der Waals surface area contributed by atoms with E-state index in [9.17, 15) is 14.7 Å². The number of rotatable bonds is 3. The molecular formula is C23H18N2O3. The summed E-state index contributed by atoms with van der Waals surface area (Å²) in [6.45, 7) is 1.96. The lowest BCUT2D eigenvalue weighted by Gasteiger charge is -2.24. The van der Waals surface area contributed by atoms with Crippen LogP contribution < -0.4 is 4.90 Å². The van der Waals surface area contributed by atoms with Crippen molar-refractivity contribution in [3.05, 3.63) is 101 Å². The fourth-order valence-electron chi connectivity index (χ4n) is 3.38. The maximum absolute atomic E-state index is 12.9. The van der Waals surface area contributed by atoms with Crippen molar-refractivity contribution < 1.29 is 14.7 Å². The molecule has 1 saturated heterocycles. The Hall–Kier alpha value is -3.73. The maximum atomic E-state index is 12.9. The summed E-state index contributed by atoms with van der Waals surface area (Å²) >= 11 is 0. The Morgan fingerprint density at radius 1 is 0.929 bits per heavy atom. The maximum Gasteiger partial charge on any atom is 0.301 e. The molecule has 1 aliphatic rings. The highest BCUT2D eigenvalue weighted by molar-refractivity contribution is 6.51. The van der Waals surface area contributed by atoms with E-state index < -0.39 is 17.7 Å². The van der Waals surface area contributed by atoms with Crippen LogP contribution in [0.3, 0.4) is 0 Å². The number of carbonyl (C=O) groups is 2. The summed E-state index contributed by atoms with van der Waals surface area (Å²) in [5, 5.41) is 10.9. The molecule has 3 aromatic rings. The van der Waals surface area contributed by atoms with E-state index in [1.165, 1.54) is 4.90 Å². The zero-order chi connectivity index (χ0) is 19.7. The molecule has 1 aliphatic heterocycles. The van der Waals surface area contributed by atoms with Crippen molar-refractivity contribution in [3.63, 3.8) is 0 Å². The number of aryl methyl sites for hydroxylation is 1. The number of hydrogen-bond acceptors (Lipinski definition) is 4. The second-order valence-electron chi connectivity index (χ2n) is 6.63. The summed E-state index contributed by atoms with van der Waals surface area (Å²) in [6.07, 6.45) is 1.57. The van der Waals surface area contributed by atoms with Gasteiger partial charge in [0.25, 0.3) is 5.78 Å². The number of pyridine rings is 1. The van der Waals surface area contributed by atoms with Gasteiger partial charge in [-0.25, -0.2) is 4.98 Å². The number of amides is 1. The topological polar surface area (TPSA) is 70.5 Å². The monoisotopic (exact) mass is 370 g/mol. The van der Waals surface area contributed by atoms with Crippen molar-refractivity contribution in [2.75, 3.05) is 4.90 Å². The van der Waals surface area contributed by atoms with Gasteiger partial charge < -0.3 is 5.11 Å². The highest BCUT2D eigenvalue weighted by Gasteiger charge is 2.47. The molecule has 5 heteroatoms. The van der Waals surface area contributed by atoms with E-state index in [0.717, 1.165) is 11.1 Å². The van der Waals surface area contributed by atoms with Gasteiger partial charge in [0.05, 0.1) is 11.6 Å². The zero-order valence-corrected chi connectivity index (χ0v) is 15.2. The van der Waals surface area contributed by atoms with Crippen LogP contribution in [0.25, 0.3) is 5.76 Å². The average molecular weight is 370 g/mol. The van der Waals surface area contributed by atoms with Gasteiger partial charge >= 0.3 is 5.91 Å². The Morgan fingerprint density at radius 2 is 1.61 bits per heavy atom. The quantitative estimate of drug-likeness (QED) is 0.429. The van der Waals surface area contributed by atoms with E-state index in [0.29, 0.717) is 11.4 Å². The van der Waals surface area contributed by atoms with Gasteiger partial charge in [0.15, 0.2) is 0 Å². The van der Waals surface area contributed by atoms with E-state index in [-0.39, 0.29) is 11.3 Å². The normalized spacial score (nSPS) is 18.5. The first-order valence-electron chi connectivity index (χ1n) is 8.92. The Kier molecular flexibility index (Phi) is 4.49. The Balaban J connectivity index is 1.95. The van der Waals surface area contributed by atoms with Crippen molar-refractivity contribution in [1.29, 1.82) is 0 Å². The SMILES string of the molecule is Cc1ccc([C@H]2/C(=C(\O)c3ccccc3)C(=O)C(=O)N2c2ccccn2)cc1. The molecule has 0 spiro atoms. The largest absolute Gasteiger partial charge is 0.507 e. The molecule has 5 nitrogen and oxygen atoms in total. The smallest absolute Gasteiger partial charge is 0.301 e. The number of Topliss-reactive ketones (excluding diaryl/α,β-unsaturated/α-hetero) is 1. The molecule has 0 aliphatic carbocycles. The summed E-state index contributed by atoms with van der Waals surface area (Å²) in [7, 11) is 0. The van der Waals surface area contributed by atoms with Gasteiger partial charge in [-0.2, -0.15) is 0 Å². The van der Waals surface area contributed by atoms with Gasteiger partial charge in [-0.3, -0.25) is 14.5 Å². The van der Waals surface area contributed by atoms with Gasteiger partial charge in [0, 0.05) is 11.8 Å². The van der Waals surface area contributed by atoms with Crippen LogP contribution in [0.5, 0.6) is 0 Å². The number of carbonyl (C=O) groups excluding carboxylic acids is 2. The summed E-state index contributed by atoms with van der Waals surface area (Å²) in [4.78, 5) is 31.4. The van der Waals surface area contributed by atoms with Crippen LogP contribution in [0, 0.1) is 6.92 Å². The first kappa shape index (κ1) is 17.7. The number of aliphatic hydroxyl groups excluding tert-OH is 1. The predicted octanol–water partition coefficient (Wildman–Crippen LogP) is 4.02. The second kappa shape index (κ2) is 7.12. The molecule has 2 heterocycles. The lowest BCUT2D eigenvalue weighted by atomic mass is 9.95. The molecule has 1 amide bonds. The molecule has 1 aromatic heterocycles. The highest BCUT2D eigenvalue weighted by Crippen LogP contribution is 2.41. The fourth-order valence-corrected chi connectivity index (χ4v) is 3.38. The zero-order valence-electron chi connectivity index (χ0n) is 15.2. The van der Waals surface area contributed by atoms with Crippen LogP contribution in [0.4, 0.5) is 5.82 Å². The fraction of sp³-hybridized carbons (Fsp3) is 0.0870. The lowest BCUT2D eigenvalue weighted by Crippen LogP contribution is -2.30. The minimum atomic E-state index is -0.754. The minimum Gasteiger partial charge on any atom is -0.507 e. The standard InChI is InChI=1S/C23H18N2O3/c1-15-10-12-16(13-11-15)20-19(21(26)17-7-3-2-4-8-17)22(27)23(28)25(20)18-9-5-6-14-24-18/h2-14,20,26H,1H3/b21-19+/t20-/m0/s1. The predicted molar refractivity (Wildman–Crippen MR) is 107 cm³/mol. The van der Waals surface area contributed by atoms with Crippen molar-refractivity contribution >= 4 is 23.3 Å². The first-order chi connectivity index (χ1) is 13.6. The van der Waals surface area contributed by atoms with E-state index in [2.05, 4.69) is 4.98 Å². The van der Waals surface area contributed by atoms with Crippen LogP contribution in [0.15, 0.2) is 84.6 Å². The molecule has 1 fully saturated rings. The average Bonchev–Trinajstić information content (AvgIpc) is 3.00. The lowest BCUT2D eigenvalue weighted by molar-refractivity contribution is -0.132. The van der Waals surface area contributed by atoms with Gasteiger partial charge in [-0.15, -0.1) is 0 Å². The van der Waals surface area contributed by atoms with Crippen LogP contribution in [-0.2, 0) is 9.59 Å². The number of aromatic nitrogens is 1. The van der Waals surface area contributed by atoms with Gasteiger partial charge in [-0.05, 0) is 24.6 Å². The van der Waals surface area contributed by atoms with Crippen LogP contribution >= 0.6 is 0 Å². The summed E-state index contributed by atoms with van der Waals surface area (Å²) in [5.41, 5.74) is 2.33. The molecule has 0 bridgehead atoms. The van der Waals surface area contributed by atoms with Gasteiger partial charge in [0.1, 0.15) is 11.6 Å². The molecule has 2 aromatic carbocycles. The Labute approximate surface area is 162 Å². The van der Waals surface area contributed by atoms with E-state index >= 15 is 0 Å². The van der Waals surface area contributed by atoms with Crippen LogP contribution in [0.1, 0.15) is 22.7 Å². The third-order valence-electron chi connectivity index (χ3n) is 4.78. The van der Waals surface area contributed by atoms with E-state index in [1.54, 1.807) is 48.7 Å². The molecule has 1 atom stereocenters. The molecule has 28 heavy (non-hydrogen) atoms. The van der Waals surface area contributed by atoms with Crippen molar-refractivity contribution in [2.45, 2.75) is 13.0 Å². The van der Waals surface area contributed by atoms with Crippen LogP contribution in [0.2, 0.25) is 0 Å². The highest BCUT2D eigenvalue weighted by atomic mass is 16.3. The van der Waals surface area contributed by atoms with Crippen molar-refractivity contribution in [3.8, 4) is 0 Å². The number of hydrogen-bond donors (Lipinski definition) is 1. The number of anilines is 1. The molecule has 4 rings (SSSR count). The summed E-state index contributed by atoms with van der Waals surface area (Å²) in [6, 6.07) is 20.7. The molecular weight excluding hydrogens is 352 g/mol. The second-order valence-corrected chi connectivity index (χ2v) is 6.63. The summed E-state index contributed by atoms with van der Waals surface area (Å²) < 4.78 is 0.